The van der Waals surface area contributed by atoms with Gasteiger partial charge in [-0.3, -0.25) is 14.4 Å². The normalized spacial score (nSPS) is 13.6. The van der Waals surface area contributed by atoms with Gasteiger partial charge in [0.25, 0.3) is 11.8 Å². The molecule has 7 heteroatoms. The second-order valence-electron chi connectivity index (χ2n) is 8.22. The highest BCUT2D eigenvalue weighted by atomic mass is 32.1. The Balaban J connectivity index is 1.46. The molecule has 6 nitrogen and oxygen atoms in total. The van der Waals surface area contributed by atoms with Crippen LogP contribution in [0.4, 0.5) is 0 Å². The first-order chi connectivity index (χ1) is 13.7. The van der Waals surface area contributed by atoms with E-state index in [0.717, 1.165) is 13.0 Å². The predicted octanol–water partition coefficient (Wildman–Crippen LogP) is 2.98. The smallest absolute Gasteiger partial charge is 0.251 e. The third-order valence-corrected chi connectivity index (χ3v) is 5.71. The van der Waals surface area contributed by atoms with Gasteiger partial charge in [-0.15, -0.1) is 11.3 Å². The Kier molecular flexibility index (Phi) is 6.37. The van der Waals surface area contributed by atoms with Gasteiger partial charge in [0, 0.05) is 47.6 Å². The zero-order valence-electron chi connectivity index (χ0n) is 17.1. The summed E-state index contributed by atoms with van der Waals surface area (Å²) in [5.74, 6) is -0.374. The summed E-state index contributed by atoms with van der Waals surface area (Å²) in [7, 11) is 0. The standard InChI is InChI=1S/C22H27N3O3S/c1-22(2,3)24-21(28)16-6-4-15(5-7-16)20(27)23-11-8-19(26)25-12-9-18-17(14-25)10-13-29-18/h4-7,10,13H,8-9,11-12,14H2,1-3H3,(H,23,27)(H,24,28). The van der Waals surface area contributed by atoms with Gasteiger partial charge in [-0.2, -0.15) is 0 Å². The van der Waals surface area contributed by atoms with Crippen LogP contribution in [0.5, 0.6) is 0 Å². The maximum Gasteiger partial charge on any atom is 0.251 e. The van der Waals surface area contributed by atoms with E-state index in [4.69, 9.17) is 0 Å². The van der Waals surface area contributed by atoms with Crippen molar-refractivity contribution in [1.82, 2.24) is 15.5 Å². The fourth-order valence-corrected chi connectivity index (χ4v) is 4.08. The van der Waals surface area contributed by atoms with Crippen molar-refractivity contribution in [2.75, 3.05) is 13.1 Å². The molecule has 1 aliphatic rings. The van der Waals surface area contributed by atoms with Gasteiger partial charge in [0.05, 0.1) is 0 Å². The van der Waals surface area contributed by atoms with Gasteiger partial charge in [-0.25, -0.2) is 0 Å². The number of carbonyl (C=O) groups excluding carboxylic acids is 3. The topological polar surface area (TPSA) is 78.5 Å². The Morgan fingerprint density at radius 3 is 2.34 bits per heavy atom. The van der Waals surface area contributed by atoms with Crippen LogP contribution in [-0.4, -0.2) is 41.2 Å². The van der Waals surface area contributed by atoms with Crippen molar-refractivity contribution in [1.29, 1.82) is 0 Å². The second-order valence-corrected chi connectivity index (χ2v) is 9.22. The first-order valence-corrected chi connectivity index (χ1v) is 10.6. The Morgan fingerprint density at radius 1 is 1.03 bits per heavy atom. The number of nitrogens with one attached hydrogen (secondary N) is 2. The van der Waals surface area contributed by atoms with E-state index in [9.17, 15) is 14.4 Å². The van der Waals surface area contributed by atoms with Crippen molar-refractivity contribution in [3.05, 3.63) is 57.3 Å². The molecule has 2 heterocycles. The van der Waals surface area contributed by atoms with Gasteiger partial charge in [0.15, 0.2) is 0 Å². The number of fused-ring (bicyclic) bond motifs is 1. The Labute approximate surface area is 175 Å². The van der Waals surface area contributed by atoms with Gasteiger partial charge >= 0.3 is 0 Å². The molecule has 154 valence electrons. The van der Waals surface area contributed by atoms with Crippen molar-refractivity contribution in [3.63, 3.8) is 0 Å². The van der Waals surface area contributed by atoms with Crippen molar-refractivity contribution >= 4 is 29.1 Å². The van der Waals surface area contributed by atoms with Crippen LogP contribution >= 0.6 is 11.3 Å². The molecule has 0 fully saturated rings. The predicted molar refractivity (Wildman–Crippen MR) is 114 cm³/mol. The van der Waals surface area contributed by atoms with Crippen LogP contribution in [-0.2, 0) is 17.8 Å². The van der Waals surface area contributed by atoms with E-state index in [1.165, 1.54) is 10.4 Å². The molecular formula is C22H27N3O3S. The SMILES string of the molecule is CC(C)(C)NC(=O)c1ccc(C(=O)NCCC(=O)N2CCc3sccc3C2)cc1. The Hall–Kier alpha value is -2.67. The second kappa shape index (κ2) is 8.78. The van der Waals surface area contributed by atoms with Crippen LogP contribution in [0.15, 0.2) is 35.7 Å². The van der Waals surface area contributed by atoms with Gasteiger partial charge in [-0.05, 0) is 68.5 Å². The maximum absolute atomic E-state index is 12.4. The average molecular weight is 414 g/mol. The lowest BCUT2D eigenvalue weighted by atomic mass is 10.1. The lowest BCUT2D eigenvalue weighted by Crippen LogP contribution is -2.40. The third kappa shape index (κ3) is 5.67. The fraction of sp³-hybridized carbons (Fsp3) is 0.409. The average Bonchev–Trinajstić information content (AvgIpc) is 3.14. The van der Waals surface area contributed by atoms with E-state index in [2.05, 4.69) is 22.1 Å². The number of carbonyl (C=O) groups is 3. The van der Waals surface area contributed by atoms with E-state index in [-0.39, 0.29) is 36.2 Å². The molecule has 3 amide bonds. The molecule has 0 aliphatic carbocycles. The highest BCUT2D eigenvalue weighted by Gasteiger charge is 2.21. The molecule has 2 N–H and O–H groups in total. The minimum absolute atomic E-state index is 0.0522. The van der Waals surface area contributed by atoms with Gasteiger partial charge < -0.3 is 15.5 Å². The molecule has 3 rings (SSSR count). The summed E-state index contributed by atoms with van der Waals surface area (Å²) in [6.07, 6.45) is 1.18. The van der Waals surface area contributed by atoms with E-state index in [1.54, 1.807) is 35.6 Å². The summed E-state index contributed by atoms with van der Waals surface area (Å²) in [4.78, 5) is 40.1. The number of rotatable bonds is 5. The van der Waals surface area contributed by atoms with Crippen LogP contribution in [0.3, 0.4) is 0 Å². The van der Waals surface area contributed by atoms with Crippen LogP contribution in [0.1, 0.15) is 58.3 Å². The van der Waals surface area contributed by atoms with Gasteiger partial charge in [0.2, 0.25) is 5.91 Å². The lowest BCUT2D eigenvalue weighted by Gasteiger charge is -2.27. The number of thiophene rings is 1. The summed E-state index contributed by atoms with van der Waals surface area (Å²) in [6.45, 7) is 7.42. The van der Waals surface area contributed by atoms with Gasteiger partial charge in [0.1, 0.15) is 0 Å². The zero-order chi connectivity index (χ0) is 21.0. The van der Waals surface area contributed by atoms with Crippen molar-refractivity contribution in [2.24, 2.45) is 0 Å². The minimum atomic E-state index is -0.320. The molecule has 1 aromatic carbocycles. The highest BCUT2D eigenvalue weighted by molar-refractivity contribution is 7.10. The quantitative estimate of drug-likeness (QED) is 0.791. The molecule has 0 radical (unpaired) electrons. The first kappa shape index (κ1) is 21.0. The number of benzene rings is 1. The molecule has 1 aliphatic heterocycles. The highest BCUT2D eigenvalue weighted by Crippen LogP contribution is 2.24. The molecule has 1 aromatic heterocycles. The molecule has 0 saturated carbocycles. The van der Waals surface area contributed by atoms with Crippen molar-refractivity contribution in [3.8, 4) is 0 Å². The maximum atomic E-state index is 12.4. The summed E-state index contributed by atoms with van der Waals surface area (Å²) in [5, 5.41) is 7.74. The molecule has 0 spiro atoms. The Morgan fingerprint density at radius 2 is 1.69 bits per heavy atom. The van der Waals surface area contributed by atoms with E-state index >= 15 is 0 Å². The monoisotopic (exact) mass is 413 g/mol. The molecule has 0 unspecified atom stereocenters. The molecule has 2 aromatic rings. The molecular weight excluding hydrogens is 386 g/mol. The number of amides is 3. The largest absolute Gasteiger partial charge is 0.352 e. The lowest BCUT2D eigenvalue weighted by molar-refractivity contribution is -0.131. The molecule has 29 heavy (non-hydrogen) atoms. The number of hydrogen-bond acceptors (Lipinski definition) is 4. The number of hydrogen-bond donors (Lipinski definition) is 2. The summed E-state index contributed by atoms with van der Waals surface area (Å²) in [6, 6.07) is 8.59. The summed E-state index contributed by atoms with van der Waals surface area (Å²) >= 11 is 1.74. The van der Waals surface area contributed by atoms with E-state index in [1.807, 2.05) is 25.7 Å². The van der Waals surface area contributed by atoms with E-state index in [0.29, 0.717) is 17.7 Å². The van der Waals surface area contributed by atoms with Crippen LogP contribution in [0.25, 0.3) is 0 Å². The minimum Gasteiger partial charge on any atom is -0.352 e. The number of nitrogens with zero attached hydrogens (tertiary/aromatic N) is 1. The van der Waals surface area contributed by atoms with Crippen LogP contribution in [0, 0.1) is 0 Å². The molecule has 0 atom stereocenters. The van der Waals surface area contributed by atoms with Gasteiger partial charge in [-0.1, -0.05) is 0 Å². The molecule has 0 bridgehead atoms. The van der Waals surface area contributed by atoms with E-state index < -0.39 is 0 Å². The third-order valence-electron chi connectivity index (χ3n) is 4.68. The zero-order valence-corrected chi connectivity index (χ0v) is 17.9. The summed E-state index contributed by atoms with van der Waals surface area (Å²) in [5.41, 5.74) is 1.88. The Bertz CT molecular complexity index is 897. The fourth-order valence-electron chi connectivity index (χ4n) is 3.19. The van der Waals surface area contributed by atoms with Crippen LogP contribution in [0.2, 0.25) is 0 Å². The van der Waals surface area contributed by atoms with Crippen LogP contribution < -0.4 is 10.6 Å². The van der Waals surface area contributed by atoms with Crippen molar-refractivity contribution in [2.45, 2.75) is 45.7 Å². The summed E-state index contributed by atoms with van der Waals surface area (Å²) < 4.78 is 0. The molecule has 0 saturated heterocycles. The first-order valence-electron chi connectivity index (χ1n) is 9.77. The van der Waals surface area contributed by atoms with Crippen molar-refractivity contribution < 1.29 is 14.4 Å².